The number of carbonyl (C=O) groups is 1. The maximum atomic E-state index is 10.4. The lowest BCUT2D eigenvalue weighted by molar-refractivity contribution is -0.150. The topological polar surface area (TPSA) is 57.5 Å². The van der Waals surface area contributed by atoms with Crippen molar-refractivity contribution in [2.45, 2.75) is 38.7 Å². The van der Waals surface area contributed by atoms with E-state index in [4.69, 9.17) is 5.11 Å². The van der Waals surface area contributed by atoms with Gasteiger partial charge in [0.2, 0.25) is 0 Å². The van der Waals surface area contributed by atoms with Gasteiger partial charge in [-0.1, -0.05) is 19.8 Å². The van der Waals surface area contributed by atoms with Gasteiger partial charge in [0.05, 0.1) is 0 Å². The summed E-state index contributed by atoms with van der Waals surface area (Å²) in [6, 6.07) is 0. The molecule has 1 aliphatic rings. The number of aliphatic hydroxyl groups is 1. The van der Waals surface area contributed by atoms with Gasteiger partial charge in [-0.15, -0.1) is 0 Å². The first-order valence-electron chi connectivity index (χ1n) is 4.52. The molecule has 1 fully saturated rings. The molecule has 0 aliphatic heterocycles. The van der Waals surface area contributed by atoms with Gasteiger partial charge in [0.1, 0.15) is 0 Å². The molecule has 0 radical (unpaired) electrons. The van der Waals surface area contributed by atoms with E-state index in [0.717, 1.165) is 25.7 Å². The molecule has 0 aromatic heterocycles. The summed E-state index contributed by atoms with van der Waals surface area (Å²) in [5.74, 6) is -0.393. The zero-order valence-electron chi connectivity index (χ0n) is 7.36. The van der Waals surface area contributed by atoms with Gasteiger partial charge in [-0.2, -0.15) is 0 Å². The summed E-state index contributed by atoms with van der Waals surface area (Å²) in [5.41, 5.74) is 0. The Morgan fingerprint density at radius 2 is 1.83 bits per heavy atom. The Balaban J connectivity index is 2.39. The van der Waals surface area contributed by atoms with Crippen molar-refractivity contribution in [1.29, 1.82) is 0 Å². The number of carboxylic acids is 1. The normalized spacial score (nSPS) is 32.8. The number of hydrogen-bond acceptors (Lipinski definition) is 2. The van der Waals surface area contributed by atoms with E-state index in [0.29, 0.717) is 5.92 Å². The van der Waals surface area contributed by atoms with Crippen LogP contribution in [0.15, 0.2) is 0 Å². The van der Waals surface area contributed by atoms with Crippen LogP contribution in [-0.2, 0) is 4.79 Å². The predicted octanol–water partition coefficient (Wildman–Crippen LogP) is 1.26. The van der Waals surface area contributed by atoms with E-state index in [1.807, 2.05) is 0 Å². The highest BCUT2D eigenvalue weighted by molar-refractivity contribution is 5.72. The lowest BCUT2D eigenvalue weighted by atomic mass is 9.80. The highest BCUT2D eigenvalue weighted by Gasteiger charge is 2.28. The molecule has 1 unspecified atom stereocenters. The summed E-state index contributed by atoms with van der Waals surface area (Å²) in [6.45, 7) is 2.17. The van der Waals surface area contributed by atoms with Crippen molar-refractivity contribution in [3.05, 3.63) is 0 Å². The van der Waals surface area contributed by atoms with Crippen LogP contribution < -0.4 is 0 Å². The Bertz CT molecular complexity index is 159. The molecule has 0 aromatic rings. The predicted molar refractivity (Wildman–Crippen MR) is 44.8 cm³/mol. The second-order valence-electron chi connectivity index (χ2n) is 3.80. The molecule has 0 bridgehead atoms. The van der Waals surface area contributed by atoms with E-state index in [-0.39, 0.29) is 5.92 Å². The van der Waals surface area contributed by atoms with Crippen molar-refractivity contribution in [2.24, 2.45) is 11.8 Å². The van der Waals surface area contributed by atoms with Gasteiger partial charge in [-0.05, 0) is 24.7 Å². The van der Waals surface area contributed by atoms with E-state index in [9.17, 15) is 9.90 Å². The third kappa shape index (κ3) is 2.21. The Morgan fingerprint density at radius 1 is 1.33 bits per heavy atom. The minimum atomic E-state index is -1.14. The summed E-state index contributed by atoms with van der Waals surface area (Å²) >= 11 is 0. The molecule has 1 atom stereocenters. The zero-order chi connectivity index (χ0) is 9.14. The van der Waals surface area contributed by atoms with Crippen molar-refractivity contribution < 1.29 is 15.0 Å². The van der Waals surface area contributed by atoms with Gasteiger partial charge in [-0.3, -0.25) is 0 Å². The van der Waals surface area contributed by atoms with E-state index in [1.54, 1.807) is 0 Å². The zero-order valence-corrected chi connectivity index (χ0v) is 7.36. The van der Waals surface area contributed by atoms with Crippen molar-refractivity contribution in [2.75, 3.05) is 0 Å². The first-order chi connectivity index (χ1) is 5.61. The molecule has 1 aliphatic carbocycles. The van der Waals surface area contributed by atoms with E-state index in [2.05, 4.69) is 6.92 Å². The number of hydrogen-bond donors (Lipinski definition) is 2. The van der Waals surface area contributed by atoms with Gasteiger partial charge in [0.25, 0.3) is 0 Å². The Morgan fingerprint density at radius 3 is 2.25 bits per heavy atom. The van der Waals surface area contributed by atoms with Crippen LogP contribution in [0.4, 0.5) is 0 Å². The average molecular weight is 172 g/mol. The molecule has 0 aromatic carbocycles. The smallest absolute Gasteiger partial charge is 0.332 e. The van der Waals surface area contributed by atoms with Gasteiger partial charge in [0, 0.05) is 0 Å². The molecule has 0 saturated heterocycles. The quantitative estimate of drug-likeness (QED) is 0.659. The van der Waals surface area contributed by atoms with Crippen LogP contribution in [0.25, 0.3) is 0 Å². The SMILES string of the molecule is CC1CCC(C(O)C(=O)O)CC1. The number of rotatable bonds is 2. The highest BCUT2D eigenvalue weighted by atomic mass is 16.4. The van der Waals surface area contributed by atoms with Crippen LogP contribution in [0, 0.1) is 11.8 Å². The van der Waals surface area contributed by atoms with E-state index >= 15 is 0 Å². The monoisotopic (exact) mass is 172 g/mol. The number of carboxylic acid groups (broad SMARTS) is 1. The largest absolute Gasteiger partial charge is 0.479 e. The van der Waals surface area contributed by atoms with Gasteiger partial charge >= 0.3 is 5.97 Å². The Hall–Kier alpha value is -0.570. The highest BCUT2D eigenvalue weighted by Crippen LogP contribution is 2.30. The molecule has 1 rings (SSSR count). The summed E-state index contributed by atoms with van der Waals surface area (Å²) in [5, 5.41) is 17.8. The minimum Gasteiger partial charge on any atom is -0.479 e. The number of aliphatic carboxylic acids is 1. The fraction of sp³-hybridized carbons (Fsp3) is 0.889. The molecule has 3 heteroatoms. The van der Waals surface area contributed by atoms with Crippen LogP contribution >= 0.6 is 0 Å². The Labute approximate surface area is 72.4 Å². The maximum absolute atomic E-state index is 10.4. The van der Waals surface area contributed by atoms with Gasteiger partial charge in [-0.25, -0.2) is 4.79 Å². The van der Waals surface area contributed by atoms with Gasteiger partial charge < -0.3 is 10.2 Å². The molecule has 70 valence electrons. The van der Waals surface area contributed by atoms with E-state index < -0.39 is 12.1 Å². The molecular weight excluding hydrogens is 156 g/mol. The lowest BCUT2D eigenvalue weighted by Crippen LogP contribution is -2.31. The van der Waals surface area contributed by atoms with Crippen molar-refractivity contribution in [1.82, 2.24) is 0 Å². The molecule has 0 amide bonds. The summed E-state index contributed by atoms with van der Waals surface area (Å²) in [6.07, 6.45) is 2.67. The summed E-state index contributed by atoms with van der Waals surface area (Å²) in [4.78, 5) is 10.4. The summed E-state index contributed by atoms with van der Waals surface area (Å²) < 4.78 is 0. The number of aliphatic hydroxyl groups excluding tert-OH is 1. The summed E-state index contributed by atoms with van der Waals surface area (Å²) in [7, 11) is 0. The third-order valence-electron chi connectivity index (χ3n) is 2.76. The maximum Gasteiger partial charge on any atom is 0.332 e. The van der Waals surface area contributed by atoms with Crippen molar-refractivity contribution >= 4 is 5.97 Å². The van der Waals surface area contributed by atoms with Crippen LogP contribution in [-0.4, -0.2) is 22.3 Å². The van der Waals surface area contributed by atoms with Crippen LogP contribution in [0.3, 0.4) is 0 Å². The fourth-order valence-corrected chi connectivity index (χ4v) is 1.80. The molecule has 0 spiro atoms. The minimum absolute atomic E-state index is 0.0151. The Kier molecular flexibility index (Phi) is 3.09. The van der Waals surface area contributed by atoms with Crippen LogP contribution in [0.5, 0.6) is 0 Å². The average Bonchev–Trinajstić information content (AvgIpc) is 2.04. The molecular formula is C9H16O3. The van der Waals surface area contributed by atoms with Crippen LogP contribution in [0.1, 0.15) is 32.6 Å². The van der Waals surface area contributed by atoms with Gasteiger partial charge in [0.15, 0.2) is 6.10 Å². The second-order valence-corrected chi connectivity index (χ2v) is 3.80. The fourth-order valence-electron chi connectivity index (χ4n) is 1.80. The molecule has 2 N–H and O–H groups in total. The van der Waals surface area contributed by atoms with Crippen LogP contribution in [0.2, 0.25) is 0 Å². The van der Waals surface area contributed by atoms with Crippen molar-refractivity contribution in [3.8, 4) is 0 Å². The second kappa shape index (κ2) is 3.90. The molecule has 3 nitrogen and oxygen atoms in total. The standard InChI is InChI=1S/C9H16O3/c1-6-2-4-7(5-3-6)8(10)9(11)12/h6-8,10H,2-5H2,1H3,(H,11,12). The molecule has 12 heavy (non-hydrogen) atoms. The first kappa shape index (κ1) is 9.52. The lowest BCUT2D eigenvalue weighted by Gasteiger charge is -2.27. The molecule has 1 saturated carbocycles. The van der Waals surface area contributed by atoms with E-state index in [1.165, 1.54) is 0 Å². The molecule has 0 heterocycles. The third-order valence-corrected chi connectivity index (χ3v) is 2.76. The van der Waals surface area contributed by atoms with Crippen molar-refractivity contribution in [3.63, 3.8) is 0 Å². The first-order valence-corrected chi connectivity index (χ1v) is 4.52.